The maximum Gasteiger partial charge on any atom is 0.416 e. The highest BCUT2D eigenvalue weighted by Crippen LogP contribution is 2.31. The van der Waals surface area contributed by atoms with Crippen molar-refractivity contribution in [2.24, 2.45) is 0 Å². The largest absolute Gasteiger partial charge is 0.494 e. The summed E-state index contributed by atoms with van der Waals surface area (Å²) in [6.45, 7) is 2.42. The monoisotopic (exact) mass is 367 g/mol. The van der Waals surface area contributed by atoms with Gasteiger partial charge >= 0.3 is 12.3 Å². The second-order valence-corrected chi connectivity index (χ2v) is 5.92. The minimum Gasteiger partial charge on any atom is -0.494 e. The molecule has 26 heavy (non-hydrogen) atoms. The number of hydrogen-bond donors (Lipinski definition) is 2. The molecule has 2 rings (SSSR count). The van der Waals surface area contributed by atoms with Gasteiger partial charge in [0.25, 0.3) is 0 Å². The Morgan fingerprint density at radius 1 is 1.19 bits per heavy atom. The molecule has 4 nitrogen and oxygen atoms in total. The van der Waals surface area contributed by atoms with E-state index in [1.165, 1.54) is 12.1 Å². The summed E-state index contributed by atoms with van der Waals surface area (Å²) in [5.41, 5.74) is 1.10. The highest BCUT2D eigenvalue weighted by Gasteiger charge is 2.30. The van der Waals surface area contributed by atoms with Gasteiger partial charge < -0.3 is 15.2 Å². The van der Waals surface area contributed by atoms with E-state index in [2.05, 4.69) is 5.32 Å². The highest BCUT2D eigenvalue weighted by atomic mass is 19.4. The van der Waals surface area contributed by atoms with Crippen LogP contribution in [0.4, 0.5) is 18.0 Å². The van der Waals surface area contributed by atoms with Crippen molar-refractivity contribution in [3.63, 3.8) is 0 Å². The number of rotatable bonds is 7. The third kappa shape index (κ3) is 5.68. The van der Waals surface area contributed by atoms with E-state index in [-0.39, 0.29) is 24.8 Å². The Bertz CT molecular complexity index is 747. The van der Waals surface area contributed by atoms with Crippen LogP contribution in [0.3, 0.4) is 0 Å². The molecular formula is C19H20F3NO3. The van der Waals surface area contributed by atoms with Gasteiger partial charge in [-0.25, -0.2) is 4.79 Å². The molecule has 7 heteroatoms. The number of carboxylic acid groups (broad SMARTS) is 1. The molecule has 0 aliphatic carbocycles. The van der Waals surface area contributed by atoms with E-state index in [0.29, 0.717) is 6.42 Å². The summed E-state index contributed by atoms with van der Waals surface area (Å²) in [6.07, 6.45) is -4.91. The van der Waals surface area contributed by atoms with E-state index in [4.69, 9.17) is 9.84 Å². The first-order valence-corrected chi connectivity index (χ1v) is 8.12. The minimum atomic E-state index is -4.40. The van der Waals surface area contributed by atoms with Crippen molar-refractivity contribution >= 4 is 6.09 Å². The lowest BCUT2D eigenvalue weighted by Crippen LogP contribution is -2.21. The van der Waals surface area contributed by atoms with Crippen LogP contribution >= 0.6 is 0 Å². The summed E-state index contributed by atoms with van der Waals surface area (Å²) < 4.78 is 43.6. The number of amides is 1. The van der Waals surface area contributed by atoms with Crippen molar-refractivity contribution in [2.75, 3.05) is 6.61 Å². The fraction of sp³-hybridized carbons (Fsp3) is 0.316. The molecule has 0 saturated heterocycles. The number of carbonyl (C=O) groups is 1. The summed E-state index contributed by atoms with van der Waals surface area (Å²) in [4.78, 5) is 10.7. The van der Waals surface area contributed by atoms with Crippen LogP contribution in [0.25, 0.3) is 0 Å². The lowest BCUT2D eigenvalue weighted by molar-refractivity contribution is -0.137. The van der Waals surface area contributed by atoms with Crippen molar-refractivity contribution < 1.29 is 27.8 Å². The van der Waals surface area contributed by atoms with E-state index >= 15 is 0 Å². The van der Waals surface area contributed by atoms with Gasteiger partial charge in [-0.05, 0) is 41.7 Å². The number of benzene rings is 2. The first-order valence-electron chi connectivity index (χ1n) is 8.12. The molecule has 0 saturated carbocycles. The van der Waals surface area contributed by atoms with E-state index in [0.717, 1.165) is 23.3 Å². The smallest absolute Gasteiger partial charge is 0.416 e. The summed E-state index contributed by atoms with van der Waals surface area (Å²) in [6, 6.07) is 12.2. The second-order valence-electron chi connectivity index (χ2n) is 5.92. The number of alkyl halides is 3. The fourth-order valence-corrected chi connectivity index (χ4v) is 2.62. The summed E-state index contributed by atoms with van der Waals surface area (Å²) in [7, 11) is 0. The molecule has 2 aromatic carbocycles. The molecule has 1 unspecified atom stereocenters. The van der Waals surface area contributed by atoms with Crippen LogP contribution in [0.15, 0.2) is 48.5 Å². The third-order valence-corrected chi connectivity index (χ3v) is 4.00. The van der Waals surface area contributed by atoms with Gasteiger partial charge in [0.1, 0.15) is 5.75 Å². The van der Waals surface area contributed by atoms with Crippen LogP contribution in [-0.2, 0) is 12.7 Å². The molecule has 1 amide bonds. The van der Waals surface area contributed by atoms with Crippen molar-refractivity contribution in [2.45, 2.75) is 32.0 Å². The first kappa shape index (κ1) is 19.6. The molecule has 0 heterocycles. The molecule has 0 spiro atoms. The van der Waals surface area contributed by atoms with Crippen molar-refractivity contribution in [1.29, 1.82) is 0 Å². The lowest BCUT2D eigenvalue weighted by atomic mass is 9.93. The van der Waals surface area contributed by atoms with Gasteiger partial charge in [0.15, 0.2) is 0 Å². The van der Waals surface area contributed by atoms with Crippen LogP contribution in [-0.4, -0.2) is 17.8 Å². The third-order valence-electron chi connectivity index (χ3n) is 4.00. The highest BCUT2D eigenvalue weighted by molar-refractivity contribution is 5.64. The van der Waals surface area contributed by atoms with Crippen LogP contribution in [0, 0.1) is 0 Å². The Hall–Kier alpha value is -2.70. The van der Waals surface area contributed by atoms with Crippen LogP contribution in [0.2, 0.25) is 0 Å². The van der Waals surface area contributed by atoms with Crippen molar-refractivity contribution in [3.05, 3.63) is 65.2 Å². The van der Waals surface area contributed by atoms with E-state index < -0.39 is 17.8 Å². The SMILES string of the molecule is CC(CCOc1cccc(C(F)(F)F)c1)c1ccccc1CNC(=O)O. The molecule has 1 atom stereocenters. The normalized spacial score (nSPS) is 12.5. The maximum atomic E-state index is 12.7. The van der Waals surface area contributed by atoms with Crippen molar-refractivity contribution in [3.8, 4) is 5.75 Å². The predicted octanol–water partition coefficient (Wildman–Crippen LogP) is 5.05. The number of hydrogen-bond acceptors (Lipinski definition) is 2. The van der Waals surface area contributed by atoms with Crippen LogP contribution in [0.5, 0.6) is 5.75 Å². The lowest BCUT2D eigenvalue weighted by Gasteiger charge is -2.17. The summed E-state index contributed by atoms with van der Waals surface area (Å²) in [5.74, 6) is 0.237. The topological polar surface area (TPSA) is 58.6 Å². The van der Waals surface area contributed by atoms with Crippen LogP contribution in [0.1, 0.15) is 36.0 Å². The zero-order chi connectivity index (χ0) is 19.2. The van der Waals surface area contributed by atoms with Gasteiger partial charge in [-0.1, -0.05) is 37.3 Å². The number of ether oxygens (including phenoxy) is 1. The van der Waals surface area contributed by atoms with E-state index in [1.54, 1.807) is 0 Å². The van der Waals surface area contributed by atoms with Gasteiger partial charge in [0.2, 0.25) is 0 Å². The van der Waals surface area contributed by atoms with Gasteiger partial charge in [-0.3, -0.25) is 0 Å². The predicted molar refractivity (Wildman–Crippen MR) is 91.3 cm³/mol. The summed E-state index contributed by atoms with van der Waals surface area (Å²) in [5, 5.41) is 11.1. The molecule has 140 valence electrons. The summed E-state index contributed by atoms with van der Waals surface area (Å²) >= 11 is 0. The Balaban J connectivity index is 1.95. The van der Waals surface area contributed by atoms with E-state index in [9.17, 15) is 18.0 Å². The first-order chi connectivity index (χ1) is 12.3. The Labute approximate surface area is 149 Å². The molecule has 0 aliphatic heterocycles. The van der Waals surface area contributed by atoms with Gasteiger partial charge in [0, 0.05) is 6.54 Å². The average molecular weight is 367 g/mol. The minimum absolute atomic E-state index is 0.0626. The quantitative estimate of drug-likeness (QED) is 0.720. The molecule has 0 aromatic heterocycles. The average Bonchev–Trinajstić information content (AvgIpc) is 2.59. The zero-order valence-electron chi connectivity index (χ0n) is 14.2. The number of nitrogens with one attached hydrogen (secondary N) is 1. The number of halogens is 3. The van der Waals surface area contributed by atoms with Crippen LogP contribution < -0.4 is 10.1 Å². The molecule has 0 aliphatic rings. The van der Waals surface area contributed by atoms with E-state index in [1.807, 2.05) is 31.2 Å². The molecule has 0 bridgehead atoms. The maximum absolute atomic E-state index is 12.7. The van der Waals surface area contributed by atoms with Crippen molar-refractivity contribution in [1.82, 2.24) is 5.32 Å². The van der Waals surface area contributed by atoms with Gasteiger partial charge in [-0.2, -0.15) is 13.2 Å². The van der Waals surface area contributed by atoms with Gasteiger partial charge in [0.05, 0.1) is 12.2 Å². The molecule has 0 radical (unpaired) electrons. The van der Waals surface area contributed by atoms with Gasteiger partial charge in [-0.15, -0.1) is 0 Å². The Morgan fingerprint density at radius 3 is 2.62 bits per heavy atom. The fourth-order valence-electron chi connectivity index (χ4n) is 2.62. The Morgan fingerprint density at radius 2 is 1.92 bits per heavy atom. The Kier molecular flexibility index (Phi) is 6.49. The molecule has 0 fully saturated rings. The zero-order valence-corrected chi connectivity index (χ0v) is 14.2. The second kappa shape index (κ2) is 8.60. The molecule has 2 aromatic rings. The molecular weight excluding hydrogens is 347 g/mol. The standard InChI is InChI=1S/C19H20F3NO3/c1-13(17-8-3-2-5-14(17)12-23-18(24)25)9-10-26-16-7-4-6-15(11-16)19(20,21)22/h2-8,11,13,23H,9-10,12H2,1H3,(H,24,25). The molecule has 2 N–H and O–H groups in total.